The molecule has 0 radical (unpaired) electrons. The lowest BCUT2D eigenvalue weighted by molar-refractivity contribution is 0.127. The van der Waals surface area contributed by atoms with Crippen LogP contribution in [0.5, 0.6) is 0 Å². The van der Waals surface area contributed by atoms with Gasteiger partial charge in [-0.2, -0.15) is 0 Å². The average molecular weight is 355 g/mol. The summed E-state index contributed by atoms with van der Waals surface area (Å²) in [5.74, 6) is 0. The number of hydrogen-bond donors (Lipinski definition) is 1. The highest BCUT2D eigenvalue weighted by Gasteiger charge is 2.28. The number of benzene rings is 1. The summed E-state index contributed by atoms with van der Waals surface area (Å²) in [5.41, 5.74) is 7.82. The van der Waals surface area contributed by atoms with E-state index in [4.69, 9.17) is 5.73 Å². The molecule has 0 aliphatic carbocycles. The third kappa shape index (κ3) is 5.39. The molecule has 0 saturated heterocycles. The van der Waals surface area contributed by atoms with E-state index in [1.54, 1.807) is 0 Å². The first-order valence-electron chi connectivity index (χ1n) is 8.28. The van der Waals surface area contributed by atoms with Crippen LogP contribution < -0.4 is 5.73 Å². The van der Waals surface area contributed by atoms with E-state index in [0.29, 0.717) is 6.04 Å². The van der Waals surface area contributed by atoms with Crippen molar-refractivity contribution in [2.24, 2.45) is 5.73 Å². The third-order valence-corrected chi connectivity index (χ3v) is 4.86. The summed E-state index contributed by atoms with van der Waals surface area (Å²) >= 11 is 3.71. The Hall–Kier alpha value is -0.380. The van der Waals surface area contributed by atoms with E-state index in [-0.39, 0.29) is 12.1 Å². The highest BCUT2D eigenvalue weighted by Crippen LogP contribution is 2.32. The molecule has 0 aromatic heterocycles. The molecule has 0 amide bonds. The molecule has 0 spiro atoms. The van der Waals surface area contributed by atoms with Crippen molar-refractivity contribution in [1.82, 2.24) is 4.90 Å². The van der Waals surface area contributed by atoms with Gasteiger partial charge in [-0.15, -0.1) is 0 Å². The monoisotopic (exact) mass is 354 g/mol. The molecule has 1 rings (SSSR count). The number of unbranched alkanes of at least 4 members (excludes halogenated alkanes) is 2. The van der Waals surface area contributed by atoms with Gasteiger partial charge in [0.2, 0.25) is 0 Å². The third-order valence-electron chi connectivity index (χ3n) is 4.14. The van der Waals surface area contributed by atoms with Gasteiger partial charge >= 0.3 is 0 Å². The predicted octanol–water partition coefficient (Wildman–Crippen LogP) is 5.13. The summed E-state index contributed by atoms with van der Waals surface area (Å²) < 4.78 is 1.17. The van der Waals surface area contributed by atoms with Crippen molar-refractivity contribution in [2.45, 2.75) is 71.5 Å². The van der Waals surface area contributed by atoms with Crippen molar-refractivity contribution < 1.29 is 0 Å². The quantitative estimate of drug-likeness (QED) is 0.623. The van der Waals surface area contributed by atoms with Gasteiger partial charge in [-0.1, -0.05) is 60.8 Å². The average Bonchev–Trinajstić information content (AvgIpc) is 2.47. The maximum Gasteiger partial charge on any atom is 0.0512 e. The van der Waals surface area contributed by atoms with Crippen LogP contribution in [0.15, 0.2) is 28.7 Å². The Morgan fingerprint density at radius 3 is 2.33 bits per heavy atom. The van der Waals surface area contributed by atoms with Crippen molar-refractivity contribution in [2.75, 3.05) is 6.54 Å². The summed E-state index contributed by atoms with van der Waals surface area (Å²) in [6.07, 6.45) is 4.77. The Labute approximate surface area is 139 Å². The molecule has 2 N–H and O–H groups in total. The molecular formula is C18H31BrN2. The Balaban J connectivity index is 3.06. The van der Waals surface area contributed by atoms with Crippen LogP contribution in [0.1, 0.15) is 65.0 Å². The number of halogens is 1. The minimum atomic E-state index is 0.160. The van der Waals surface area contributed by atoms with Gasteiger partial charge in [-0.05, 0) is 44.9 Å². The molecule has 0 heterocycles. The summed E-state index contributed by atoms with van der Waals surface area (Å²) in [5, 5.41) is 0. The second kappa shape index (κ2) is 9.60. The fourth-order valence-electron chi connectivity index (χ4n) is 2.86. The van der Waals surface area contributed by atoms with E-state index in [1.807, 2.05) is 0 Å². The van der Waals surface area contributed by atoms with Crippen LogP contribution in [0, 0.1) is 0 Å². The molecule has 0 aliphatic rings. The lowest BCUT2D eigenvalue weighted by Gasteiger charge is -2.39. The zero-order valence-corrected chi connectivity index (χ0v) is 15.6. The molecule has 2 unspecified atom stereocenters. The van der Waals surface area contributed by atoms with Crippen LogP contribution in [-0.4, -0.2) is 23.5 Å². The first-order chi connectivity index (χ1) is 10.0. The van der Waals surface area contributed by atoms with E-state index in [2.05, 4.69) is 72.8 Å². The van der Waals surface area contributed by atoms with E-state index < -0.39 is 0 Å². The molecule has 2 atom stereocenters. The number of nitrogens with two attached hydrogens (primary N) is 1. The number of nitrogens with zero attached hydrogens (tertiary/aromatic N) is 1. The Morgan fingerprint density at radius 1 is 1.14 bits per heavy atom. The molecule has 3 heteroatoms. The Kier molecular flexibility index (Phi) is 8.53. The van der Waals surface area contributed by atoms with Gasteiger partial charge in [0.25, 0.3) is 0 Å². The Morgan fingerprint density at radius 2 is 1.81 bits per heavy atom. The van der Waals surface area contributed by atoms with Gasteiger partial charge in [0.15, 0.2) is 0 Å². The zero-order chi connectivity index (χ0) is 15.8. The van der Waals surface area contributed by atoms with E-state index in [9.17, 15) is 0 Å². The summed E-state index contributed by atoms with van der Waals surface area (Å²) in [4.78, 5) is 2.57. The van der Waals surface area contributed by atoms with Gasteiger partial charge in [0, 0.05) is 16.6 Å². The highest BCUT2D eigenvalue weighted by molar-refractivity contribution is 9.10. The van der Waals surface area contributed by atoms with Gasteiger partial charge < -0.3 is 5.73 Å². The molecule has 1 aromatic carbocycles. The van der Waals surface area contributed by atoms with Gasteiger partial charge in [-0.25, -0.2) is 0 Å². The molecule has 2 nitrogen and oxygen atoms in total. The first-order valence-corrected chi connectivity index (χ1v) is 9.07. The predicted molar refractivity (Wildman–Crippen MR) is 96.5 cm³/mol. The fraction of sp³-hybridized carbons (Fsp3) is 0.667. The van der Waals surface area contributed by atoms with Crippen LogP contribution >= 0.6 is 15.9 Å². The van der Waals surface area contributed by atoms with E-state index in [1.165, 1.54) is 29.3 Å². The SMILES string of the molecule is CCCCCN(C(C)C)C(c1ccccc1Br)C(N)CC. The van der Waals surface area contributed by atoms with Crippen LogP contribution in [-0.2, 0) is 0 Å². The van der Waals surface area contributed by atoms with Crippen LogP contribution in [0.4, 0.5) is 0 Å². The molecule has 21 heavy (non-hydrogen) atoms. The second-order valence-electron chi connectivity index (χ2n) is 6.08. The van der Waals surface area contributed by atoms with Gasteiger partial charge in [0.1, 0.15) is 0 Å². The molecule has 0 saturated carbocycles. The number of hydrogen-bond acceptors (Lipinski definition) is 2. The van der Waals surface area contributed by atoms with Crippen molar-refractivity contribution >= 4 is 15.9 Å². The standard InChI is InChI=1S/C18H31BrN2/c1-5-7-10-13-21(14(3)4)18(17(20)6-2)15-11-8-9-12-16(15)19/h8-9,11-12,14,17-18H,5-7,10,13,20H2,1-4H3. The minimum absolute atomic E-state index is 0.160. The maximum atomic E-state index is 6.50. The largest absolute Gasteiger partial charge is 0.326 e. The fourth-order valence-corrected chi connectivity index (χ4v) is 3.38. The van der Waals surface area contributed by atoms with Crippen LogP contribution in [0.2, 0.25) is 0 Å². The lowest BCUT2D eigenvalue weighted by atomic mass is 9.94. The molecule has 0 aliphatic heterocycles. The minimum Gasteiger partial charge on any atom is -0.326 e. The van der Waals surface area contributed by atoms with E-state index >= 15 is 0 Å². The van der Waals surface area contributed by atoms with Gasteiger partial charge in [0.05, 0.1) is 6.04 Å². The van der Waals surface area contributed by atoms with Crippen molar-refractivity contribution in [3.8, 4) is 0 Å². The summed E-state index contributed by atoms with van der Waals surface area (Å²) in [7, 11) is 0. The summed E-state index contributed by atoms with van der Waals surface area (Å²) in [6.45, 7) is 10.1. The normalized spacial score (nSPS) is 14.7. The van der Waals surface area contributed by atoms with Crippen molar-refractivity contribution in [3.05, 3.63) is 34.3 Å². The Bertz CT molecular complexity index is 406. The second-order valence-corrected chi connectivity index (χ2v) is 6.93. The molecular weight excluding hydrogens is 324 g/mol. The van der Waals surface area contributed by atoms with Crippen LogP contribution in [0.3, 0.4) is 0 Å². The number of rotatable bonds is 9. The summed E-state index contributed by atoms with van der Waals surface area (Å²) in [6, 6.07) is 9.44. The molecule has 120 valence electrons. The molecule has 0 fully saturated rings. The smallest absolute Gasteiger partial charge is 0.0512 e. The van der Waals surface area contributed by atoms with Crippen molar-refractivity contribution in [3.63, 3.8) is 0 Å². The van der Waals surface area contributed by atoms with Crippen molar-refractivity contribution in [1.29, 1.82) is 0 Å². The molecule has 0 bridgehead atoms. The molecule has 1 aromatic rings. The first kappa shape index (κ1) is 18.7. The zero-order valence-electron chi connectivity index (χ0n) is 14.0. The maximum absolute atomic E-state index is 6.50. The lowest BCUT2D eigenvalue weighted by Crippen LogP contribution is -2.44. The highest BCUT2D eigenvalue weighted by atomic mass is 79.9. The van der Waals surface area contributed by atoms with Crippen LogP contribution in [0.25, 0.3) is 0 Å². The topological polar surface area (TPSA) is 29.3 Å². The van der Waals surface area contributed by atoms with Gasteiger partial charge in [-0.3, -0.25) is 4.90 Å². The van der Waals surface area contributed by atoms with E-state index in [0.717, 1.165) is 13.0 Å².